The second-order valence-corrected chi connectivity index (χ2v) is 6.61. The summed E-state index contributed by atoms with van der Waals surface area (Å²) >= 11 is 0. The molecule has 6 nitrogen and oxygen atoms in total. The van der Waals surface area contributed by atoms with Crippen LogP contribution in [-0.4, -0.2) is 32.1 Å². The Kier molecular flexibility index (Phi) is 19.9. The minimum absolute atomic E-state index is 0.312. The smallest absolute Gasteiger partial charge is 0.333 e. The number of rotatable bonds is 6. The first-order valence-electron chi connectivity index (χ1n) is 10.3. The van der Waals surface area contributed by atoms with Crippen LogP contribution in [0.3, 0.4) is 0 Å². The Morgan fingerprint density at radius 1 is 0.853 bits per heavy atom. The van der Waals surface area contributed by atoms with Crippen molar-refractivity contribution in [1.82, 2.24) is 0 Å². The van der Waals surface area contributed by atoms with Crippen LogP contribution in [0.1, 0.15) is 30.9 Å². The predicted octanol–water partition coefficient (Wildman–Crippen LogP) is 5.62. The SMILES string of the molecule is C=C(C)C(=O)OCc1ccccc1.C=CC(=O)OC.C=CC(=O)OC.[CH2]C(C)c1ccccc1. The quantitative estimate of drug-likeness (QED) is 0.312. The summed E-state index contributed by atoms with van der Waals surface area (Å²) in [7, 11) is 2.62. The molecule has 2 aromatic rings. The fourth-order valence-electron chi connectivity index (χ4n) is 1.79. The second kappa shape index (κ2) is 20.9. The van der Waals surface area contributed by atoms with Crippen LogP contribution in [0.5, 0.6) is 0 Å². The molecule has 0 aromatic heterocycles. The minimum atomic E-state index is -0.394. The average molecular weight is 468 g/mol. The van der Waals surface area contributed by atoms with Crippen LogP contribution in [0.2, 0.25) is 0 Å². The maximum Gasteiger partial charge on any atom is 0.333 e. The van der Waals surface area contributed by atoms with Crippen LogP contribution >= 0.6 is 0 Å². The molecule has 2 aromatic carbocycles. The van der Waals surface area contributed by atoms with Gasteiger partial charge in [0, 0.05) is 17.7 Å². The number of ether oxygens (including phenoxy) is 3. The van der Waals surface area contributed by atoms with Gasteiger partial charge in [0.05, 0.1) is 14.2 Å². The summed E-state index contributed by atoms with van der Waals surface area (Å²) in [5.41, 5.74) is 2.71. The molecule has 0 heterocycles. The number of esters is 3. The highest BCUT2D eigenvalue weighted by molar-refractivity contribution is 5.86. The zero-order valence-electron chi connectivity index (χ0n) is 20.5. The van der Waals surface area contributed by atoms with Crippen molar-refractivity contribution in [1.29, 1.82) is 0 Å². The molecule has 6 heteroatoms. The van der Waals surface area contributed by atoms with Gasteiger partial charge >= 0.3 is 17.9 Å². The van der Waals surface area contributed by atoms with E-state index in [1.54, 1.807) is 6.92 Å². The van der Waals surface area contributed by atoms with Gasteiger partial charge in [0.15, 0.2) is 0 Å². The van der Waals surface area contributed by atoms with Gasteiger partial charge in [-0.2, -0.15) is 0 Å². The number of benzene rings is 2. The van der Waals surface area contributed by atoms with Gasteiger partial charge in [-0.15, -0.1) is 0 Å². The van der Waals surface area contributed by atoms with Crippen LogP contribution in [0, 0.1) is 6.92 Å². The number of hydrogen-bond donors (Lipinski definition) is 0. The predicted molar refractivity (Wildman–Crippen MR) is 136 cm³/mol. The first-order chi connectivity index (χ1) is 16.1. The van der Waals surface area contributed by atoms with Gasteiger partial charge in [-0.05, 0) is 30.9 Å². The molecule has 1 atom stereocenters. The first-order valence-corrected chi connectivity index (χ1v) is 10.3. The summed E-state index contributed by atoms with van der Waals surface area (Å²) in [6.07, 6.45) is 2.22. The number of methoxy groups -OCH3 is 2. The van der Waals surface area contributed by atoms with Gasteiger partial charge in [0.25, 0.3) is 0 Å². The van der Waals surface area contributed by atoms with E-state index in [-0.39, 0.29) is 5.97 Å². The van der Waals surface area contributed by atoms with Crippen LogP contribution in [0.25, 0.3) is 0 Å². The highest BCUT2D eigenvalue weighted by Crippen LogP contribution is 2.11. The monoisotopic (exact) mass is 467 g/mol. The molecule has 0 amide bonds. The van der Waals surface area contributed by atoms with E-state index in [0.29, 0.717) is 18.1 Å². The Morgan fingerprint density at radius 3 is 1.53 bits per heavy atom. The molecule has 0 fully saturated rings. The second-order valence-electron chi connectivity index (χ2n) is 6.61. The molecule has 2 rings (SSSR count). The van der Waals surface area contributed by atoms with Crippen molar-refractivity contribution < 1.29 is 28.6 Å². The van der Waals surface area contributed by atoms with E-state index in [2.05, 4.69) is 55.2 Å². The molecule has 0 N–H and O–H groups in total. The third-order valence-electron chi connectivity index (χ3n) is 3.67. The van der Waals surface area contributed by atoms with Crippen molar-refractivity contribution in [2.75, 3.05) is 14.2 Å². The summed E-state index contributed by atoms with van der Waals surface area (Å²) in [6.45, 7) is 17.8. The Balaban J connectivity index is 0. The zero-order valence-corrected chi connectivity index (χ0v) is 20.5. The molecule has 1 unspecified atom stereocenters. The summed E-state index contributed by atoms with van der Waals surface area (Å²) in [4.78, 5) is 30.7. The number of hydrogen-bond acceptors (Lipinski definition) is 6. The highest BCUT2D eigenvalue weighted by atomic mass is 16.5. The summed E-state index contributed by atoms with van der Waals surface area (Å²) in [5.74, 6) is -0.722. The topological polar surface area (TPSA) is 78.9 Å². The lowest BCUT2D eigenvalue weighted by Crippen LogP contribution is -2.04. The van der Waals surface area contributed by atoms with Crippen LogP contribution in [0.15, 0.2) is 98.1 Å². The maximum atomic E-state index is 11.0. The van der Waals surface area contributed by atoms with E-state index >= 15 is 0 Å². The van der Waals surface area contributed by atoms with Gasteiger partial charge in [0.1, 0.15) is 6.61 Å². The van der Waals surface area contributed by atoms with E-state index in [9.17, 15) is 14.4 Å². The summed E-state index contributed by atoms with van der Waals surface area (Å²) in [6, 6.07) is 19.8. The van der Waals surface area contributed by atoms with Gasteiger partial charge < -0.3 is 14.2 Å². The molecular weight excluding hydrogens is 432 g/mol. The average Bonchev–Trinajstić information content (AvgIpc) is 2.88. The molecular formula is C28H35O6. The van der Waals surface area contributed by atoms with Crippen molar-refractivity contribution >= 4 is 17.9 Å². The lowest BCUT2D eigenvalue weighted by Gasteiger charge is -2.03. The van der Waals surface area contributed by atoms with Crippen LogP contribution < -0.4 is 0 Å². The molecule has 1 radical (unpaired) electrons. The van der Waals surface area contributed by atoms with Crippen LogP contribution in [-0.2, 0) is 35.2 Å². The van der Waals surface area contributed by atoms with Crippen LogP contribution in [0.4, 0.5) is 0 Å². The minimum Gasteiger partial charge on any atom is -0.466 e. The molecule has 183 valence electrons. The number of carbonyl (C=O) groups is 3. The van der Waals surface area contributed by atoms with E-state index in [1.807, 2.05) is 48.5 Å². The first kappa shape index (κ1) is 32.3. The summed E-state index contributed by atoms with van der Waals surface area (Å²) in [5, 5.41) is 0. The number of carbonyl (C=O) groups excluding carboxylic acids is 3. The molecule has 0 spiro atoms. The van der Waals surface area contributed by atoms with E-state index in [0.717, 1.165) is 17.7 Å². The highest BCUT2D eigenvalue weighted by Gasteiger charge is 2.02. The van der Waals surface area contributed by atoms with Crippen molar-refractivity contribution in [3.8, 4) is 0 Å². The molecule has 0 aliphatic rings. The molecule has 0 aliphatic carbocycles. The van der Waals surface area contributed by atoms with Gasteiger partial charge in [-0.1, -0.05) is 87.3 Å². The molecule has 0 bridgehead atoms. The largest absolute Gasteiger partial charge is 0.466 e. The van der Waals surface area contributed by atoms with Gasteiger partial charge in [-0.25, -0.2) is 14.4 Å². The Morgan fingerprint density at radius 2 is 1.26 bits per heavy atom. The van der Waals surface area contributed by atoms with Crippen molar-refractivity contribution in [3.05, 3.63) is 116 Å². The Labute approximate surface area is 203 Å². The van der Waals surface area contributed by atoms with E-state index < -0.39 is 11.9 Å². The summed E-state index contributed by atoms with van der Waals surface area (Å²) < 4.78 is 13.2. The molecule has 0 saturated carbocycles. The fourth-order valence-corrected chi connectivity index (χ4v) is 1.79. The van der Waals surface area contributed by atoms with Crippen molar-refractivity contribution in [3.63, 3.8) is 0 Å². The molecule has 0 saturated heterocycles. The third kappa shape index (κ3) is 18.8. The Bertz CT molecular complexity index is 850. The normalized spacial score (nSPS) is 8.65. The third-order valence-corrected chi connectivity index (χ3v) is 3.67. The van der Waals surface area contributed by atoms with Gasteiger partial charge in [-0.3, -0.25) is 0 Å². The lowest BCUT2D eigenvalue weighted by molar-refractivity contribution is -0.140. The van der Waals surface area contributed by atoms with E-state index in [1.165, 1.54) is 19.8 Å². The lowest BCUT2D eigenvalue weighted by atomic mass is 10.0. The standard InChI is InChI=1S/C11H12O2.C9H11.2C4H6O2/c1-9(2)11(12)13-8-10-6-4-3-5-7-10;1-8(2)9-6-4-3-5-7-9;2*1-3-4(5)6-2/h3-7H,1,8H2,2H3;3-8H,1H2,2H3;2*3H,1H2,2H3. The molecule has 0 aliphatic heterocycles. The Hall–Kier alpha value is -3.93. The van der Waals surface area contributed by atoms with Crippen molar-refractivity contribution in [2.45, 2.75) is 26.4 Å². The zero-order chi connectivity index (χ0) is 26.4. The fraction of sp³-hybridized carbons (Fsp3) is 0.214. The van der Waals surface area contributed by atoms with Crippen molar-refractivity contribution in [2.24, 2.45) is 0 Å². The molecule has 34 heavy (non-hydrogen) atoms. The maximum absolute atomic E-state index is 11.0. The van der Waals surface area contributed by atoms with Gasteiger partial charge in [0.2, 0.25) is 0 Å². The van der Waals surface area contributed by atoms with E-state index in [4.69, 9.17) is 4.74 Å².